The number of Topliss-reactive ketones (excluding diaryl/α,β-unsaturated/α-hetero) is 1. The lowest BCUT2D eigenvalue weighted by atomic mass is 10.1. The van der Waals surface area contributed by atoms with Gasteiger partial charge in [-0.1, -0.05) is 12.1 Å². The third-order valence-electron chi connectivity index (χ3n) is 4.04. The number of nitrogens with one attached hydrogen (secondary N) is 1. The number of carbonyl (C=O) groups excluding carboxylic acids is 3. The third-order valence-corrected chi connectivity index (χ3v) is 4.04. The number of furan rings is 1. The molecule has 0 saturated heterocycles. The quantitative estimate of drug-likeness (QED) is 0.516. The number of hydrogen-bond donors (Lipinski definition) is 2. The van der Waals surface area contributed by atoms with Crippen molar-refractivity contribution in [2.75, 3.05) is 5.32 Å². The minimum absolute atomic E-state index is 0.0157. The topological polar surface area (TPSA) is 133 Å². The fourth-order valence-electron chi connectivity index (χ4n) is 2.82. The molecule has 0 spiro atoms. The van der Waals surface area contributed by atoms with Crippen molar-refractivity contribution >= 4 is 40.5 Å². The Morgan fingerprint density at radius 3 is 2.54 bits per heavy atom. The van der Waals surface area contributed by atoms with Gasteiger partial charge in [-0.2, -0.15) is 0 Å². The Morgan fingerprint density at radius 2 is 1.86 bits per heavy atom. The zero-order valence-electron chi connectivity index (χ0n) is 15.1. The summed E-state index contributed by atoms with van der Waals surface area (Å²) in [4.78, 5) is 48.0. The molecule has 0 saturated carbocycles. The highest BCUT2D eigenvalue weighted by atomic mass is 16.4. The second-order valence-electron chi connectivity index (χ2n) is 6.00. The molecule has 0 aliphatic carbocycles. The van der Waals surface area contributed by atoms with Crippen LogP contribution in [0, 0.1) is 6.92 Å². The lowest BCUT2D eigenvalue weighted by Gasteiger charge is -2.01. The van der Waals surface area contributed by atoms with E-state index in [1.807, 2.05) is 0 Å². The van der Waals surface area contributed by atoms with Crippen molar-refractivity contribution in [1.29, 1.82) is 0 Å². The number of primary amides is 1. The van der Waals surface area contributed by atoms with Crippen molar-refractivity contribution < 1.29 is 23.2 Å². The van der Waals surface area contributed by atoms with Crippen molar-refractivity contribution in [3.8, 4) is 0 Å². The van der Waals surface area contributed by atoms with Crippen molar-refractivity contribution in [2.45, 2.75) is 13.8 Å². The van der Waals surface area contributed by atoms with Crippen LogP contribution in [0.2, 0.25) is 0 Å². The highest BCUT2D eigenvalue weighted by Crippen LogP contribution is 2.27. The van der Waals surface area contributed by atoms with Crippen molar-refractivity contribution in [3.05, 3.63) is 69.3 Å². The molecule has 8 heteroatoms. The van der Waals surface area contributed by atoms with Gasteiger partial charge >= 0.3 is 0 Å². The van der Waals surface area contributed by atoms with Crippen molar-refractivity contribution in [3.63, 3.8) is 0 Å². The molecule has 3 N–H and O–H groups in total. The zero-order chi connectivity index (χ0) is 20.4. The third kappa shape index (κ3) is 3.48. The average Bonchev–Trinajstić information content (AvgIpc) is 2.97. The lowest BCUT2D eigenvalue weighted by molar-refractivity contribution is -0.111. The summed E-state index contributed by atoms with van der Waals surface area (Å²) < 4.78 is 10.7. The van der Waals surface area contributed by atoms with Gasteiger partial charge in [-0.25, -0.2) is 0 Å². The molecule has 2 aromatic heterocycles. The van der Waals surface area contributed by atoms with Crippen LogP contribution in [-0.2, 0) is 4.79 Å². The molecule has 1 aromatic carbocycles. The normalized spacial score (nSPS) is 11.1. The smallest absolute Gasteiger partial charge is 0.255 e. The van der Waals surface area contributed by atoms with Crippen LogP contribution in [0.25, 0.3) is 17.0 Å². The van der Waals surface area contributed by atoms with E-state index in [4.69, 9.17) is 14.6 Å². The summed E-state index contributed by atoms with van der Waals surface area (Å²) in [6, 6.07) is 6.72. The molecule has 0 atom stereocenters. The first kappa shape index (κ1) is 18.8. The zero-order valence-corrected chi connectivity index (χ0v) is 15.1. The van der Waals surface area contributed by atoms with E-state index >= 15 is 0 Å². The van der Waals surface area contributed by atoms with Gasteiger partial charge < -0.3 is 14.6 Å². The highest BCUT2D eigenvalue weighted by molar-refractivity contribution is 6.13. The maximum atomic E-state index is 12.4. The van der Waals surface area contributed by atoms with Gasteiger partial charge in [-0.3, -0.25) is 24.5 Å². The molecular formula is C20H16N2O6. The van der Waals surface area contributed by atoms with Gasteiger partial charge in [0.15, 0.2) is 11.2 Å². The molecule has 8 nitrogen and oxygen atoms in total. The average molecular weight is 380 g/mol. The van der Waals surface area contributed by atoms with Crippen LogP contribution < -0.4 is 16.5 Å². The number of rotatable bonds is 5. The Labute approximate surface area is 158 Å². The summed E-state index contributed by atoms with van der Waals surface area (Å²) >= 11 is 0. The number of carbonyl (C=O) groups is 3. The molecule has 2 heterocycles. The Bertz CT molecular complexity index is 1200. The Balaban J connectivity index is 1.88. The molecule has 0 aliphatic heterocycles. The molecule has 2 amide bonds. The fraction of sp³-hybridized carbons (Fsp3) is 0.100. The minimum Gasteiger partial charge on any atom is -0.463 e. The van der Waals surface area contributed by atoms with Crippen molar-refractivity contribution in [2.24, 2.45) is 5.73 Å². The van der Waals surface area contributed by atoms with Gasteiger partial charge in [-0.15, -0.1) is 0 Å². The van der Waals surface area contributed by atoms with Crippen LogP contribution in [-0.4, -0.2) is 17.6 Å². The first-order valence-electron chi connectivity index (χ1n) is 8.23. The molecule has 3 rings (SSSR count). The van der Waals surface area contributed by atoms with E-state index in [-0.39, 0.29) is 33.8 Å². The second-order valence-corrected chi connectivity index (χ2v) is 6.00. The van der Waals surface area contributed by atoms with Gasteiger partial charge in [0, 0.05) is 6.08 Å². The summed E-state index contributed by atoms with van der Waals surface area (Å²) in [6.45, 7) is 2.74. The SMILES string of the molecule is CC(=O)c1c(C)oc(NC(=O)/C=C/c2coc3ccccc3c2=O)c1C(N)=O. The summed E-state index contributed by atoms with van der Waals surface area (Å²) in [5.41, 5.74) is 5.43. The Kier molecular flexibility index (Phi) is 4.95. The first-order chi connectivity index (χ1) is 13.3. The van der Waals surface area contributed by atoms with Gasteiger partial charge in [-0.05, 0) is 32.1 Å². The summed E-state index contributed by atoms with van der Waals surface area (Å²) in [7, 11) is 0. The molecule has 0 radical (unpaired) electrons. The second kappa shape index (κ2) is 7.36. The van der Waals surface area contributed by atoms with Gasteiger partial charge in [0.25, 0.3) is 11.8 Å². The lowest BCUT2D eigenvalue weighted by Crippen LogP contribution is -2.18. The molecule has 0 fully saturated rings. The van der Waals surface area contributed by atoms with Gasteiger partial charge in [0.1, 0.15) is 23.2 Å². The van der Waals surface area contributed by atoms with Gasteiger partial charge in [0.2, 0.25) is 5.88 Å². The summed E-state index contributed by atoms with van der Waals surface area (Å²) in [5, 5.41) is 2.74. The number of aryl methyl sites for hydroxylation is 1. The van der Waals surface area contributed by atoms with E-state index in [0.717, 1.165) is 6.08 Å². The maximum absolute atomic E-state index is 12.4. The van der Waals surface area contributed by atoms with Crippen LogP contribution in [0.4, 0.5) is 5.88 Å². The number of amides is 2. The van der Waals surface area contributed by atoms with Crippen LogP contribution in [0.15, 0.2) is 50.2 Å². The summed E-state index contributed by atoms with van der Waals surface area (Å²) in [5.74, 6) is -2.07. The number of fused-ring (bicyclic) bond motifs is 1. The molecule has 28 heavy (non-hydrogen) atoms. The van der Waals surface area contributed by atoms with E-state index < -0.39 is 17.6 Å². The summed E-state index contributed by atoms with van der Waals surface area (Å²) in [6.07, 6.45) is 3.60. The Hall–Kier alpha value is -3.94. The van der Waals surface area contributed by atoms with E-state index in [9.17, 15) is 19.2 Å². The molecule has 142 valence electrons. The monoisotopic (exact) mass is 380 g/mol. The molecular weight excluding hydrogens is 364 g/mol. The van der Waals surface area contributed by atoms with E-state index in [1.165, 1.54) is 26.2 Å². The molecule has 0 aliphatic rings. The van der Waals surface area contributed by atoms with Crippen LogP contribution in [0.3, 0.4) is 0 Å². The van der Waals surface area contributed by atoms with E-state index in [2.05, 4.69) is 5.32 Å². The van der Waals surface area contributed by atoms with E-state index in [0.29, 0.717) is 11.0 Å². The number of para-hydroxylation sites is 1. The highest BCUT2D eigenvalue weighted by Gasteiger charge is 2.25. The van der Waals surface area contributed by atoms with Crippen LogP contribution in [0.1, 0.15) is 39.0 Å². The standard InChI is InChI=1S/C20H16N2O6/c1-10(23)16-11(2)28-20(17(16)19(21)26)22-15(24)8-7-12-9-27-14-6-4-3-5-13(14)18(12)25/h3-9H,1-2H3,(H2,21,26)(H,22,24)/b8-7+. The number of ketones is 1. The Morgan fingerprint density at radius 1 is 1.14 bits per heavy atom. The molecule has 0 bridgehead atoms. The first-order valence-corrected chi connectivity index (χ1v) is 8.23. The number of hydrogen-bond acceptors (Lipinski definition) is 6. The van der Waals surface area contributed by atoms with E-state index in [1.54, 1.807) is 24.3 Å². The fourth-order valence-corrected chi connectivity index (χ4v) is 2.82. The minimum atomic E-state index is -0.906. The maximum Gasteiger partial charge on any atom is 0.255 e. The number of anilines is 1. The predicted octanol–water partition coefficient (Wildman–Crippen LogP) is 2.65. The predicted molar refractivity (Wildman–Crippen MR) is 102 cm³/mol. The van der Waals surface area contributed by atoms with Crippen LogP contribution >= 0.6 is 0 Å². The largest absolute Gasteiger partial charge is 0.463 e. The van der Waals surface area contributed by atoms with Gasteiger partial charge in [0.05, 0.1) is 16.5 Å². The number of nitrogens with two attached hydrogens (primary N) is 1. The molecule has 0 unspecified atom stereocenters. The molecule has 3 aromatic rings. The van der Waals surface area contributed by atoms with Crippen LogP contribution in [0.5, 0.6) is 0 Å². The van der Waals surface area contributed by atoms with Crippen molar-refractivity contribution in [1.82, 2.24) is 0 Å². The number of benzene rings is 1.